The molecule has 4 nitrogen and oxygen atoms in total. The van der Waals surface area contributed by atoms with Gasteiger partial charge in [0.25, 0.3) is 0 Å². The van der Waals surface area contributed by atoms with E-state index in [1.54, 1.807) is 6.92 Å². The number of rotatable bonds is 4. The third-order valence-corrected chi connectivity index (χ3v) is 4.03. The SMILES string of the molecule is CCCCc1cn(C(C)(C)C)sc1=NC(=O)OCC. The highest BCUT2D eigenvalue weighted by Gasteiger charge is 2.16. The van der Waals surface area contributed by atoms with E-state index in [-0.39, 0.29) is 5.54 Å². The molecule has 0 unspecified atom stereocenters. The van der Waals surface area contributed by atoms with Crippen molar-refractivity contribution < 1.29 is 9.53 Å². The molecule has 1 rings (SSSR count). The third-order valence-electron chi connectivity index (χ3n) is 2.65. The summed E-state index contributed by atoms with van der Waals surface area (Å²) in [5.41, 5.74) is 1.14. The summed E-state index contributed by atoms with van der Waals surface area (Å²) in [6, 6.07) is 0. The Morgan fingerprint density at radius 1 is 1.42 bits per heavy atom. The lowest BCUT2D eigenvalue weighted by Crippen LogP contribution is -2.18. The molecule has 0 fully saturated rings. The molecule has 1 aromatic heterocycles. The summed E-state index contributed by atoms with van der Waals surface area (Å²) in [5, 5.41) is 0. The molecule has 0 spiro atoms. The predicted molar refractivity (Wildman–Crippen MR) is 78.5 cm³/mol. The van der Waals surface area contributed by atoms with Crippen LogP contribution in [0.1, 0.15) is 53.0 Å². The van der Waals surface area contributed by atoms with E-state index in [4.69, 9.17) is 4.74 Å². The molecule has 0 aliphatic rings. The van der Waals surface area contributed by atoms with Crippen LogP contribution in [-0.4, -0.2) is 16.7 Å². The highest BCUT2D eigenvalue weighted by atomic mass is 32.1. The average Bonchev–Trinajstić information content (AvgIpc) is 2.69. The number of ether oxygens (including phenoxy) is 1. The van der Waals surface area contributed by atoms with Gasteiger partial charge in [-0.25, -0.2) is 4.79 Å². The number of nitrogens with zero attached hydrogens (tertiary/aromatic N) is 2. The molecule has 0 saturated heterocycles. The van der Waals surface area contributed by atoms with Gasteiger partial charge in [0, 0.05) is 17.3 Å². The first-order valence-electron chi connectivity index (χ1n) is 6.82. The van der Waals surface area contributed by atoms with Crippen LogP contribution in [0.15, 0.2) is 11.2 Å². The average molecular weight is 284 g/mol. The standard InChI is InChI=1S/C14H24N2O2S/c1-6-8-9-11-10-16(14(3,4)5)19-12(11)15-13(17)18-7-2/h10H,6-9H2,1-5H3. The molecule has 0 aromatic carbocycles. The lowest BCUT2D eigenvalue weighted by molar-refractivity contribution is 0.162. The molecule has 108 valence electrons. The fraction of sp³-hybridized carbons (Fsp3) is 0.714. The van der Waals surface area contributed by atoms with Gasteiger partial charge >= 0.3 is 6.09 Å². The largest absolute Gasteiger partial charge is 0.448 e. The van der Waals surface area contributed by atoms with Gasteiger partial charge in [-0.15, -0.1) is 0 Å². The fourth-order valence-electron chi connectivity index (χ4n) is 1.58. The maximum atomic E-state index is 11.5. The van der Waals surface area contributed by atoms with Gasteiger partial charge in [0.1, 0.15) is 4.67 Å². The number of aromatic nitrogens is 1. The fourth-order valence-corrected chi connectivity index (χ4v) is 2.60. The van der Waals surface area contributed by atoms with Crippen LogP contribution in [-0.2, 0) is 16.7 Å². The molecule has 0 aliphatic heterocycles. The summed E-state index contributed by atoms with van der Waals surface area (Å²) in [7, 11) is 0. The molecule has 1 amide bonds. The van der Waals surface area contributed by atoms with Crippen molar-refractivity contribution in [3.05, 3.63) is 16.4 Å². The van der Waals surface area contributed by atoms with Crippen molar-refractivity contribution in [1.29, 1.82) is 0 Å². The van der Waals surface area contributed by atoms with Crippen molar-refractivity contribution in [2.45, 2.75) is 59.4 Å². The van der Waals surface area contributed by atoms with Crippen molar-refractivity contribution in [3.8, 4) is 0 Å². The van der Waals surface area contributed by atoms with Crippen molar-refractivity contribution in [1.82, 2.24) is 3.96 Å². The molecule has 19 heavy (non-hydrogen) atoms. The van der Waals surface area contributed by atoms with Crippen molar-refractivity contribution in [2.75, 3.05) is 6.61 Å². The van der Waals surface area contributed by atoms with E-state index < -0.39 is 6.09 Å². The van der Waals surface area contributed by atoms with Gasteiger partial charge in [-0.2, -0.15) is 4.99 Å². The van der Waals surface area contributed by atoms with E-state index in [1.165, 1.54) is 11.5 Å². The maximum Gasteiger partial charge on any atom is 0.434 e. The molecule has 0 radical (unpaired) electrons. The summed E-state index contributed by atoms with van der Waals surface area (Å²) in [5.74, 6) is 0. The number of unbranched alkanes of at least 4 members (excludes halogenated alkanes) is 1. The molecule has 1 heterocycles. The van der Waals surface area contributed by atoms with Gasteiger partial charge in [-0.3, -0.25) is 3.96 Å². The smallest absolute Gasteiger partial charge is 0.434 e. The summed E-state index contributed by atoms with van der Waals surface area (Å²) >= 11 is 1.52. The minimum Gasteiger partial charge on any atom is -0.448 e. The molecular weight excluding hydrogens is 260 g/mol. The highest BCUT2D eigenvalue weighted by Crippen LogP contribution is 2.17. The van der Waals surface area contributed by atoms with E-state index in [9.17, 15) is 4.79 Å². The molecule has 5 heteroatoms. The maximum absolute atomic E-state index is 11.5. The van der Waals surface area contributed by atoms with Crippen LogP contribution >= 0.6 is 11.5 Å². The number of carbonyl (C=O) groups excluding carboxylic acids is 1. The Hall–Kier alpha value is -1.10. The first-order valence-corrected chi connectivity index (χ1v) is 7.59. The predicted octanol–water partition coefficient (Wildman–Crippen LogP) is 3.70. The van der Waals surface area contributed by atoms with Crippen LogP contribution in [0.3, 0.4) is 0 Å². The highest BCUT2D eigenvalue weighted by molar-refractivity contribution is 7.04. The Bertz CT molecular complexity index is 480. The van der Waals surface area contributed by atoms with Crippen molar-refractivity contribution in [3.63, 3.8) is 0 Å². The Labute approximate surface area is 119 Å². The van der Waals surface area contributed by atoms with Gasteiger partial charge in [-0.05, 0) is 52.1 Å². The molecule has 0 bridgehead atoms. The quantitative estimate of drug-likeness (QED) is 0.846. The lowest BCUT2D eigenvalue weighted by atomic mass is 10.1. The number of hydrogen-bond acceptors (Lipinski definition) is 3. The van der Waals surface area contributed by atoms with Crippen LogP contribution in [0.5, 0.6) is 0 Å². The van der Waals surface area contributed by atoms with Gasteiger partial charge in [0.15, 0.2) is 0 Å². The molecule has 0 atom stereocenters. The van der Waals surface area contributed by atoms with E-state index in [0.717, 1.165) is 29.5 Å². The zero-order valence-corrected chi connectivity index (χ0v) is 13.3. The van der Waals surface area contributed by atoms with E-state index in [1.807, 2.05) is 0 Å². The monoisotopic (exact) mass is 284 g/mol. The van der Waals surface area contributed by atoms with Crippen LogP contribution in [0, 0.1) is 0 Å². The summed E-state index contributed by atoms with van der Waals surface area (Å²) in [6.45, 7) is 10.7. The Balaban J connectivity index is 3.12. The Kier molecular flexibility index (Phi) is 5.79. The van der Waals surface area contributed by atoms with Crippen LogP contribution in [0.2, 0.25) is 0 Å². The van der Waals surface area contributed by atoms with Gasteiger partial charge in [-0.1, -0.05) is 13.3 Å². The van der Waals surface area contributed by atoms with Gasteiger partial charge in [0.05, 0.1) is 6.61 Å². The summed E-state index contributed by atoms with van der Waals surface area (Å²) < 4.78 is 7.82. The van der Waals surface area contributed by atoms with Crippen LogP contribution < -0.4 is 4.67 Å². The van der Waals surface area contributed by atoms with Crippen molar-refractivity contribution >= 4 is 17.6 Å². The Morgan fingerprint density at radius 2 is 2.11 bits per heavy atom. The van der Waals surface area contributed by atoms with E-state index in [2.05, 4.69) is 42.8 Å². The summed E-state index contributed by atoms with van der Waals surface area (Å²) in [6.07, 6.45) is 4.80. The van der Waals surface area contributed by atoms with Gasteiger partial charge in [0.2, 0.25) is 0 Å². The lowest BCUT2D eigenvalue weighted by Gasteiger charge is -2.19. The van der Waals surface area contributed by atoms with Crippen molar-refractivity contribution in [2.24, 2.45) is 4.99 Å². The normalized spacial score (nSPS) is 12.8. The number of aryl methyl sites for hydroxylation is 1. The first-order chi connectivity index (χ1) is 8.88. The van der Waals surface area contributed by atoms with Crippen LogP contribution in [0.25, 0.3) is 0 Å². The molecular formula is C14H24N2O2S. The van der Waals surface area contributed by atoms with E-state index >= 15 is 0 Å². The second-order valence-corrected chi connectivity index (χ2v) is 6.42. The summed E-state index contributed by atoms with van der Waals surface area (Å²) in [4.78, 5) is 15.6. The molecule has 0 N–H and O–H groups in total. The number of hydrogen-bond donors (Lipinski definition) is 0. The van der Waals surface area contributed by atoms with Gasteiger partial charge < -0.3 is 4.74 Å². The second-order valence-electron chi connectivity index (χ2n) is 5.46. The zero-order chi connectivity index (χ0) is 14.5. The molecule has 0 saturated carbocycles. The number of carbonyl (C=O) groups is 1. The molecule has 0 aliphatic carbocycles. The zero-order valence-electron chi connectivity index (χ0n) is 12.5. The third kappa shape index (κ3) is 4.82. The Morgan fingerprint density at radius 3 is 2.63 bits per heavy atom. The second kappa shape index (κ2) is 6.89. The van der Waals surface area contributed by atoms with Crippen LogP contribution in [0.4, 0.5) is 4.79 Å². The topological polar surface area (TPSA) is 43.6 Å². The molecule has 1 aromatic rings. The number of amides is 1. The minimum absolute atomic E-state index is 0.00800. The van der Waals surface area contributed by atoms with E-state index in [0.29, 0.717) is 6.61 Å². The first kappa shape index (κ1) is 16.0. The minimum atomic E-state index is -0.497.